The Morgan fingerprint density at radius 1 is 1.00 bits per heavy atom. The highest BCUT2D eigenvalue weighted by atomic mass is 32.2. The highest BCUT2D eigenvalue weighted by Gasteiger charge is 2.14. The summed E-state index contributed by atoms with van der Waals surface area (Å²) in [6, 6.07) is 7.56. The van der Waals surface area contributed by atoms with E-state index < -0.39 is 10.1 Å². The molecule has 1 aliphatic carbocycles. The topological polar surface area (TPSA) is 54.4 Å². The fourth-order valence-electron chi connectivity index (χ4n) is 2.71. The van der Waals surface area contributed by atoms with Crippen LogP contribution in [0.3, 0.4) is 0 Å². The van der Waals surface area contributed by atoms with Crippen LogP contribution in [0.15, 0.2) is 24.3 Å². The zero-order valence-electron chi connectivity index (χ0n) is 10.5. The Morgan fingerprint density at radius 2 is 1.56 bits per heavy atom. The van der Waals surface area contributed by atoms with Crippen LogP contribution in [0, 0.1) is 5.92 Å². The first-order valence-corrected chi connectivity index (χ1v) is 8.17. The van der Waals surface area contributed by atoms with Gasteiger partial charge in [0.2, 0.25) is 0 Å². The Kier molecular flexibility index (Phi) is 4.40. The van der Waals surface area contributed by atoms with E-state index in [4.69, 9.17) is 4.55 Å². The minimum atomic E-state index is -3.92. The Balaban J connectivity index is 1.94. The maximum absolute atomic E-state index is 10.8. The van der Waals surface area contributed by atoms with Crippen molar-refractivity contribution in [2.75, 3.05) is 0 Å². The molecule has 1 aromatic carbocycles. The summed E-state index contributed by atoms with van der Waals surface area (Å²) < 4.78 is 30.3. The van der Waals surface area contributed by atoms with Crippen molar-refractivity contribution < 1.29 is 13.0 Å². The van der Waals surface area contributed by atoms with Gasteiger partial charge in [0.15, 0.2) is 0 Å². The first kappa shape index (κ1) is 13.6. The second-order valence-corrected chi connectivity index (χ2v) is 6.70. The van der Waals surface area contributed by atoms with Crippen molar-refractivity contribution in [1.29, 1.82) is 0 Å². The van der Waals surface area contributed by atoms with Crippen molar-refractivity contribution in [2.24, 2.45) is 5.92 Å². The highest BCUT2D eigenvalue weighted by Crippen LogP contribution is 2.26. The molecule has 0 bridgehead atoms. The molecule has 0 amide bonds. The second kappa shape index (κ2) is 5.85. The van der Waals surface area contributed by atoms with Gasteiger partial charge in [-0.1, -0.05) is 56.4 Å². The quantitative estimate of drug-likeness (QED) is 0.853. The summed E-state index contributed by atoms with van der Waals surface area (Å²) in [5, 5.41) is 0. The molecule has 1 saturated carbocycles. The van der Waals surface area contributed by atoms with Gasteiger partial charge in [-0.25, -0.2) is 0 Å². The molecule has 1 aromatic rings. The summed E-state index contributed by atoms with van der Waals surface area (Å²) in [7, 11) is -3.92. The van der Waals surface area contributed by atoms with Gasteiger partial charge in [-0.3, -0.25) is 4.55 Å². The standard InChI is InChI=1S/C14H20O3S/c15-18(16,17)11-14-8-6-13(7-9-14)10-12-4-2-1-3-5-12/h6-9,12H,1-5,10-11H2,(H,15,16,17). The molecule has 0 atom stereocenters. The lowest BCUT2D eigenvalue weighted by Gasteiger charge is -2.21. The second-order valence-electron chi connectivity index (χ2n) is 5.25. The predicted molar refractivity (Wildman–Crippen MR) is 72.0 cm³/mol. The number of hydrogen-bond acceptors (Lipinski definition) is 2. The molecule has 1 N–H and O–H groups in total. The molecule has 0 aliphatic heterocycles. The van der Waals surface area contributed by atoms with Crippen LogP contribution in [0.25, 0.3) is 0 Å². The molecule has 100 valence electrons. The Morgan fingerprint density at radius 3 is 2.11 bits per heavy atom. The minimum Gasteiger partial charge on any atom is -0.285 e. The largest absolute Gasteiger partial charge is 0.285 e. The molecular weight excluding hydrogens is 248 g/mol. The van der Waals surface area contributed by atoms with Gasteiger partial charge < -0.3 is 0 Å². The van der Waals surface area contributed by atoms with Crippen LogP contribution >= 0.6 is 0 Å². The SMILES string of the molecule is O=S(=O)(O)Cc1ccc(CC2CCCCC2)cc1. The molecule has 2 rings (SSSR count). The summed E-state index contributed by atoms with van der Waals surface area (Å²) in [6.45, 7) is 0. The summed E-state index contributed by atoms with van der Waals surface area (Å²) in [4.78, 5) is 0. The molecule has 0 unspecified atom stereocenters. The zero-order valence-corrected chi connectivity index (χ0v) is 11.3. The first-order valence-electron chi connectivity index (χ1n) is 6.56. The van der Waals surface area contributed by atoms with Gasteiger partial charge in [-0.05, 0) is 23.5 Å². The molecule has 0 spiro atoms. The average molecular weight is 268 g/mol. The van der Waals surface area contributed by atoms with E-state index in [1.807, 2.05) is 12.1 Å². The van der Waals surface area contributed by atoms with E-state index in [1.165, 1.54) is 37.7 Å². The van der Waals surface area contributed by atoms with Crippen molar-refractivity contribution in [1.82, 2.24) is 0 Å². The summed E-state index contributed by atoms with van der Waals surface area (Å²) in [6.07, 6.45) is 7.76. The molecule has 0 aromatic heterocycles. The molecule has 1 aliphatic rings. The van der Waals surface area contributed by atoms with Crippen molar-refractivity contribution in [3.63, 3.8) is 0 Å². The monoisotopic (exact) mass is 268 g/mol. The van der Waals surface area contributed by atoms with Crippen LogP contribution in [-0.4, -0.2) is 13.0 Å². The van der Waals surface area contributed by atoms with E-state index >= 15 is 0 Å². The van der Waals surface area contributed by atoms with E-state index in [1.54, 1.807) is 12.1 Å². The Hall–Kier alpha value is -0.870. The van der Waals surface area contributed by atoms with Crippen LogP contribution < -0.4 is 0 Å². The van der Waals surface area contributed by atoms with Gasteiger partial charge in [0.1, 0.15) is 5.75 Å². The summed E-state index contributed by atoms with van der Waals surface area (Å²) in [5.74, 6) is 0.489. The predicted octanol–water partition coefficient (Wildman–Crippen LogP) is 3.20. The number of rotatable bonds is 4. The average Bonchev–Trinajstić information content (AvgIpc) is 2.31. The normalized spacial score (nSPS) is 17.8. The smallest absolute Gasteiger partial charge is 0.269 e. The maximum Gasteiger partial charge on any atom is 0.269 e. The third-order valence-corrected chi connectivity index (χ3v) is 4.32. The Labute approximate surface area is 109 Å². The third-order valence-electron chi connectivity index (χ3n) is 3.62. The van der Waals surface area contributed by atoms with E-state index in [2.05, 4.69) is 0 Å². The van der Waals surface area contributed by atoms with E-state index in [-0.39, 0.29) is 5.75 Å². The molecule has 3 nitrogen and oxygen atoms in total. The lowest BCUT2D eigenvalue weighted by Crippen LogP contribution is -2.09. The van der Waals surface area contributed by atoms with E-state index in [0.717, 1.165) is 12.3 Å². The van der Waals surface area contributed by atoms with Crippen molar-refractivity contribution in [3.8, 4) is 0 Å². The maximum atomic E-state index is 10.8. The number of benzene rings is 1. The van der Waals surface area contributed by atoms with Gasteiger partial charge in [0.05, 0.1) is 0 Å². The molecule has 0 heterocycles. The zero-order chi connectivity index (χ0) is 13.0. The van der Waals surface area contributed by atoms with Crippen LogP contribution in [0.2, 0.25) is 0 Å². The number of hydrogen-bond donors (Lipinski definition) is 1. The Bertz CT molecular complexity index is 470. The molecule has 0 radical (unpaired) electrons. The molecule has 18 heavy (non-hydrogen) atoms. The highest BCUT2D eigenvalue weighted by molar-refractivity contribution is 7.85. The van der Waals surface area contributed by atoms with Crippen LogP contribution in [0.5, 0.6) is 0 Å². The van der Waals surface area contributed by atoms with Crippen molar-refractivity contribution >= 4 is 10.1 Å². The van der Waals surface area contributed by atoms with E-state index in [9.17, 15) is 8.42 Å². The third kappa shape index (κ3) is 4.42. The van der Waals surface area contributed by atoms with Gasteiger partial charge in [-0.2, -0.15) is 8.42 Å². The van der Waals surface area contributed by atoms with Gasteiger partial charge in [0, 0.05) is 0 Å². The van der Waals surface area contributed by atoms with Crippen molar-refractivity contribution in [2.45, 2.75) is 44.3 Å². The fraction of sp³-hybridized carbons (Fsp3) is 0.571. The molecule has 1 fully saturated rings. The molecular formula is C14H20O3S. The lowest BCUT2D eigenvalue weighted by molar-refractivity contribution is 0.356. The molecule has 4 heteroatoms. The lowest BCUT2D eigenvalue weighted by atomic mass is 9.85. The van der Waals surface area contributed by atoms with E-state index in [0.29, 0.717) is 5.56 Å². The summed E-state index contributed by atoms with van der Waals surface area (Å²) in [5.41, 5.74) is 1.91. The van der Waals surface area contributed by atoms with Crippen molar-refractivity contribution in [3.05, 3.63) is 35.4 Å². The summed E-state index contributed by atoms with van der Waals surface area (Å²) >= 11 is 0. The van der Waals surface area contributed by atoms with Gasteiger partial charge in [0.25, 0.3) is 10.1 Å². The van der Waals surface area contributed by atoms with Gasteiger partial charge in [-0.15, -0.1) is 0 Å². The molecule has 0 saturated heterocycles. The fourth-order valence-corrected chi connectivity index (χ4v) is 3.32. The van der Waals surface area contributed by atoms with Crippen LogP contribution in [0.4, 0.5) is 0 Å². The first-order chi connectivity index (χ1) is 8.53. The van der Waals surface area contributed by atoms with Crippen LogP contribution in [0.1, 0.15) is 43.2 Å². The van der Waals surface area contributed by atoms with Gasteiger partial charge >= 0.3 is 0 Å². The minimum absolute atomic E-state index is 0.295. The van der Waals surface area contributed by atoms with Crippen LogP contribution in [-0.2, 0) is 22.3 Å².